The highest BCUT2D eigenvalue weighted by atomic mass is 32.2. The van der Waals surface area contributed by atoms with Gasteiger partial charge < -0.3 is 9.32 Å². The fraction of sp³-hybridized carbons (Fsp3) is 0.400. The largest absolute Gasteiger partial charge is 0.443 e. The molecule has 3 rings (SSSR count). The Hall–Kier alpha value is -1.86. The van der Waals surface area contributed by atoms with E-state index in [1.54, 1.807) is 30.0 Å². The number of carbonyl (C=O) groups excluding carboxylic acids is 1. The SMILES string of the molecule is CCC(=O)N1CCN(S(=O)(=O)c2cc3ccccc3o2)CC1. The van der Waals surface area contributed by atoms with E-state index >= 15 is 0 Å². The van der Waals surface area contributed by atoms with Gasteiger partial charge in [0.15, 0.2) is 0 Å². The number of benzene rings is 1. The van der Waals surface area contributed by atoms with E-state index in [2.05, 4.69) is 0 Å². The molecule has 0 bridgehead atoms. The van der Waals surface area contributed by atoms with Crippen LogP contribution in [0.15, 0.2) is 39.8 Å². The first-order valence-corrected chi connectivity index (χ1v) is 8.73. The van der Waals surface area contributed by atoms with E-state index in [1.807, 2.05) is 12.1 Å². The van der Waals surface area contributed by atoms with Crippen LogP contribution in [0.3, 0.4) is 0 Å². The van der Waals surface area contributed by atoms with Crippen LogP contribution >= 0.6 is 0 Å². The molecule has 2 heterocycles. The maximum atomic E-state index is 12.6. The van der Waals surface area contributed by atoms with Gasteiger partial charge in [0.05, 0.1) is 0 Å². The van der Waals surface area contributed by atoms with Crippen molar-refractivity contribution in [1.82, 2.24) is 9.21 Å². The van der Waals surface area contributed by atoms with E-state index in [1.165, 1.54) is 4.31 Å². The van der Waals surface area contributed by atoms with Crippen molar-refractivity contribution < 1.29 is 17.6 Å². The Morgan fingerprint density at radius 2 is 1.86 bits per heavy atom. The first kappa shape index (κ1) is 15.1. The predicted octanol–water partition coefficient (Wildman–Crippen LogP) is 1.68. The van der Waals surface area contributed by atoms with Crippen LogP contribution in [0.4, 0.5) is 0 Å². The van der Waals surface area contributed by atoms with Crippen LogP contribution in [0.5, 0.6) is 0 Å². The van der Waals surface area contributed by atoms with Crippen LogP contribution < -0.4 is 0 Å². The van der Waals surface area contributed by atoms with E-state index in [4.69, 9.17) is 4.42 Å². The summed E-state index contributed by atoms with van der Waals surface area (Å²) in [6, 6.07) is 8.75. The highest BCUT2D eigenvalue weighted by Crippen LogP contribution is 2.25. The average Bonchev–Trinajstić information content (AvgIpc) is 2.99. The van der Waals surface area contributed by atoms with Gasteiger partial charge in [-0.1, -0.05) is 25.1 Å². The monoisotopic (exact) mass is 322 g/mol. The summed E-state index contributed by atoms with van der Waals surface area (Å²) in [5.74, 6) is 0.0563. The van der Waals surface area contributed by atoms with Gasteiger partial charge in [0.1, 0.15) is 5.58 Å². The zero-order chi connectivity index (χ0) is 15.7. The fourth-order valence-corrected chi connectivity index (χ4v) is 3.98. The zero-order valence-electron chi connectivity index (χ0n) is 12.4. The number of nitrogens with zero attached hydrogens (tertiary/aromatic N) is 2. The molecular weight excluding hydrogens is 304 g/mol. The molecule has 1 aliphatic heterocycles. The summed E-state index contributed by atoms with van der Waals surface area (Å²) in [6.07, 6.45) is 0.441. The molecule has 1 aromatic carbocycles. The molecule has 118 valence electrons. The minimum absolute atomic E-state index is 0.0380. The summed E-state index contributed by atoms with van der Waals surface area (Å²) >= 11 is 0. The van der Waals surface area contributed by atoms with Gasteiger partial charge in [0.2, 0.25) is 11.0 Å². The molecule has 0 aliphatic carbocycles. The Balaban J connectivity index is 1.80. The molecule has 2 aromatic rings. The maximum Gasteiger partial charge on any atom is 0.276 e. The third kappa shape index (κ3) is 2.62. The van der Waals surface area contributed by atoms with Crippen LogP contribution in [0.2, 0.25) is 0 Å². The van der Waals surface area contributed by atoms with Crippen molar-refractivity contribution in [3.63, 3.8) is 0 Å². The molecule has 0 spiro atoms. The van der Waals surface area contributed by atoms with Crippen molar-refractivity contribution in [3.05, 3.63) is 30.3 Å². The van der Waals surface area contributed by atoms with Crippen molar-refractivity contribution in [3.8, 4) is 0 Å². The molecule has 6 nitrogen and oxygen atoms in total. The summed E-state index contributed by atoms with van der Waals surface area (Å²) in [5.41, 5.74) is 0.556. The van der Waals surface area contributed by atoms with E-state index in [0.717, 1.165) is 5.39 Å². The van der Waals surface area contributed by atoms with Gasteiger partial charge in [-0.3, -0.25) is 4.79 Å². The molecule has 1 aliphatic rings. The second kappa shape index (κ2) is 5.73. The van der Waals surface area contributed by atoms with Gasteiger partial charge in [-0.25, -0.2) is 8.42 Å². The Morgan fingerprint density at radius 3 is 2.50 bits per heavy atom. The molecular formula is C15H18N2O4S. The number of rotatable bonds is 3. The standard InChI is InChI=1S/C15H18N2O4S/c1-2-14(18)16-7-9-17(10-8-16)22(19,20)15-11-12-5-3-4-6-13(12)21-15/h3-6,11H,2,7-10H2,1H3. The third-order valence-corrected chi connectivity index (χ3v) is 5.65. The third-order valence-electron chi connectivity index (χ3n) is 3.89. The van der Waals surface area contributed by atoms with Gasteiger partial charge >= 0.3 is 0 Å². The maximum absolute atomic E-state index is 12.6. The lowest BCUT2D eigenvalue weighted by molar-refractivity contribution is -0.132. The van der Waals surface area contributed by atoms with E-state index in [-0.39, 0.29) is 11.0 Å². The minimum Gasteiger partial charge on any atom is -0.443 e. The summed E-state index contributed by atoms with van der Waals surface area (Å²) in [4.78, 5) is 13.3. The molecule has 1 aromatic heterocycles. The lowest BCUT2D eigenvalue weighted by Crippen LogP contribution is -2.50. The van der Waals surface area contributed by atoms with E-state index < -0.39 is 10.0 Å². The van der Waals surface area contributed by atoms with Crippen LogP contribution in [0.1, 0.15) is 13.3 Å². The number of carbonyl (C=O) groups is 1. The van der Waals surface area contributed by atoms with Crippen LogP contribution in [0, 0.1) is 0 Å². The molecule has 0 N–H and O–H groups in total. The Labute approximate surface area is 129 Å². The lowest BCUT2D eigenvalue weighted by Gasteiger charge is -2.33. The summed E-state index contributed by atoms with van der Waals surface area (Å²) < 4.78 is 32.1. The number of amides is 1. The molecule has 1 amide bonds. The molecule has 0 saturated carbocycles. The number of hydrogen-bond donors (Lipinski definition) is 0. The zero-order valence-corrected chi connectivity index (χ0v) is 13.2. The Kier molecular flexibility index (Phi) is 3.92. The average molecular weight is 322 g/mol. The summed E-state index contributed by atoms with van der Waals surface area (Å²) in [6.45, 7) is 3.24. The number of piperazine rings is 1. The topological polar surface area (TPSA) is 70.8 Å². The Bertz CT molecular complexity index is 756. The number of para-hydroxylation sites is 1. The van der Waals surface area contributed by atoms with Crippen LogP contribution in [-0.2, 0) is 14.8 Å². The first-order valence-electron chi connectivity index (χ1n) is 7.29. The molecule has 0 atom stereocenters. The normalized spacial score (nSPS) is 17.0. The fourth-order valence-electron chi connectivity index (χ4n) is 2.61. The van der Waals surface area contributed by atoms with Gasteiger partial charge in [0, 0.05) is 44.1 Å². The van der Waals surface area contributed by atoms with E-state index in [0.29, 0.717) is 38.2 Å². The minimum atomic E-state index is -3.65. The smallest absolute Gasteiger partial charge is 0.276 e. The second-order valence-corrected chi connectivity index (χ2v) is 7.11. The van der Waals surface area contributed by atoms with Gasteiger partial charge in [0.25, 0.3) is 10.0 Å². The number of sulfonamides is 1. The number of hydrogen-bond acceptors (Lipinski definition) is 4. The molecule has 0 unspecified atom stereocenters. The predicted molar refractivity (Wildman–Crippen MR) is 81.8 cm³/mol. The van der Waals surface area contributed by atoms with Crippen molar-refractivity contribution in [2.24, 2.45) is 0 Å². The van der Waals surface area contributed by atoms with Gasteiger partial charge in [-0.05, 0) is 6.07 Å². The molecule has 1 fully saturated rings. The van der Waals surface area contributed by atoms with Gasteiger partial charge in [-0.2, -0.15) is 4.31 Å². The van der Waals surface area contributed by atoms with Gasteiger partial charge in [-0.15, -0.1) is 0 Å². The highest BCUT2D eigenvalue weighted by molar-refractivity contribution is 7.89. The Morgan fingerprint density at radius 1 is 1.18 bits per heavy atom. The van der Waals surface area contributed by atoms with Crippen molar-refractivity contribution >= 4 is 26.9 Å². The van der Waals surface area contributed by atoms with Crippen molar-refractivity contribution in [2.45, 2.75) is 18.4 Å². The molecule has 7 heteroatoms. The second-order valence-electron chi connectivity index (χ2n) is 5.24. The first-order chi connectivity index (χ1) is 10.5. The molecule has 1 saturated heterocycles. The number of furan rings is 1. The van der Waals surface area contributed by atoms with Crippen molar-refractivity contribution in [2.75, 3.05) is 26.2 Å². The van der Waals surface area contributed by atoms with Crippen LogP contribution in [-0.4, -0.2) is 49.7 Å². The highest BCUT2D eigenvalue weighted by Gasteiger charge is 2.32. The van der Waals surface area contributed by atoms with Crippen LogP contribution in [0.25, 0.3) is 11.0 Å². The summed E-state index contributed by atoms with van der Waals surface area (Å²) in [5, 5.41) is 0.727. The molecule has 0 radical (unpaired) electrons. The summed E-state index contributed by atoms with van der Waals surface area (Å²) in [7, 11) is -3.65. The van der Waals surface area contributed by atoms with E-state index in [9.17, 15) is 13.2 Å². The molecule has 22 heavy (non-hydrogen) atoms. The lowest BCUT2D eigenvalue weighted by atomic mass is 10.3. The quantitative estimate of drug-likeness (QED) is 0.862. The van der Waals surface area contributed by atoms with Crippen molar-refractivity contribution in [1.29, 1.82) is 0 Å². The number of fused-ring (bicyclic) bond motifs is 1.